The van der Waals surface area contributed by atoms with Crippen LogP contribution in [0.4, 0.5) is 0 Å². The molecule has 0 aromatic heterocycles. The van der Waals surface area contributed by atoms with Gasteiger partial charge in [-0.05, 0) is 18.3 Å². The summed E-state index contributed by atoms with van der Waals surface area (Å²) in [6, 6.07) is 0. The van der Waals surface area contributed by atoms with Gasteiger partial charge in [-0.2, -0.15) is 0 Å². The standard InChI is InChI=1S/C10H22O/c1-8(2)6-5-7-10(11)9(3)4/h8-11H,5-7H2,1-4H3. The molecule has 0 aliphatic rings. The van der Waals surface area contributed by atoms with E-state index in [0.717, 1.165) is 18.8 Å². The molecule has 1 atom stereocenters. The molecular weight excluding hydrogens is 136 g/mol. The zero-order valence-electron chi connectivity index (χ0n) is 8.30. The van der Waals surface area contributed by atoms with Crippen molar-refractivity contribution in [2.24, 2.45) is 11.8 Å². The lowest BCUT2D eigenvalue weighted by Crippen LogP contribution is -2.14. The minimum atomic E-state index is -0.0891. The summed E-state index contributed by atoms with van der Waals surface area (Å²) in [5.74, 6) is 1.19. The number of rotatable bonds is 5. The zero-order valence-corrected chi connectivity index (χ0v) is 8.30. The quantitative estimate of drug-likeness (QED) is 0.652. The second kappa shape index (κ2) is 5.59. The fraction of sp³-hybridized carbons (Fsp3) is 1.00. The second-order valence-electron chi connectivity index (χ2n) is 4.14. The average molecular weight is 158 g/mol. The lowest BCUT2D eigenvalue weighted by Gasteiger charge is -2.14. The summed E-state index contributed by atoms with van der Waals surface area (Å²) >= 11 is 0. The molecule has 1 unspecified atom stereocenters. The topological polar surface area (TPSA) is 20.2 Å². The van der Waals surface area contributed by atoms with E-state index in [2.05, 4.69) is 27.7 Å². The fourth-order valence-electron chi connectivity index (χ4n) is 1.07. The minimum Gasteiger partial charge on any atom is -0.393 e. The first-order chi connectivity index (χ1) is 5.04. The van der Waals surface area contributed by atoms with Crippen LogP contribution < -0.4 is 0 Å². The number of hydrogen-bond acceptors (Lipinski definition) is 1. The molecule has 0 aliphatic carbocycles. The molecule has 0 amide bonds. The highest BCUT2D eigenvalue weighted by Crippen LogP contribution is 2.12. The largest absolute Gasteiger partial charge is 0.393 e. The van der Waals surface area contributed by atoms with Gasteiger partial charge in [-0.25, -0.2) is 0 Å². The van der Waals surface area contributed by atoms with Gasteiger partial charge in [-0.1, -0.05) is 40.5 Å². The van der Waals surface area contributed by atoms with Crippen molar-refractivity contribution in [3.8, 4) is 0 Å². The number of hydrogen-bond donors (Lipinski definition) is 1. The van der Waals surface area contributed by atoms with Crippen LogP contribution in [0, 0.1) is 11.8 Å². The van der Waals surface area contributed by atoms with Crippen LogP contribution in [0.3, 0.4) is 0 Å². The molecule has 1 nitrogen and oxygen atoms in total. The highest BCUT2D eigenvalue weighted by atomic mass is 16.3. The Balaban J connectivity index is 3.24. The summed E-state index contributed by atoms with van der Waals surface area (Å²) in [5, 5.41) is 9.44. The highest BCUT2D eigenvalue weighted by molar-refractivity contribution is 4.60. The van der Waals surface area contributed by atoms with Crippen LogP contribution in [0.5, 0.6) is 0 Å². The van der Waals surface area contributed by atoms with Gasteiger partial charge in [0, 0.05) is 0 Å². The van der Waals surface area contributed by atoms with Gasteiger partial charge in [-0.3, -0.25) is 0 Å². The minimum absolute atomic E-state index is 0.0891. The molecule has 0 saturated carbocycles. The van der Waals surface area contributed by atoms with E-state index in [1.165, 1.54) is 6.42 Å². The van der Waals surface area contributed by atoms with Gasteiger partial charge >= 0.3 is 0 Å². The Bertz CT molecular complexity index is 86.9. The molecule has 1 N–H and O–H groups in total. The molecule has 0 spiro atoms. The lowest BCUT2D eigenvalue weighted by molar-refractivity contribution is 0.112. The Morgan fingerprint density at radius 3 is 1.91 bits per heavy atom. The maximum Gasteiger partial charge on any atom is 0.0563 e. The van der Waals surface area contributed by atoms with E-state index in [1.54, 1.807) is 0 Å². The van der Waals surface area contributed by atoms with E-state index in [1.807, 2.05) is 0 Å². The summed E-state index contributed by atoms with van der Waals surface area (Å²) in [5.41, 5.74) is 0. The predicted octanol–water partition coefficient (Wildman–Crippen LogP) is 2.83. The van der Waals surface area contributed by atoms with E-state index >= 15 is 0 Å². The summed E-state index contributed by atoms with van der Waals surface area (Å²) in [6.45, 7) is 8.59. The first kappa shape index (κ1) is 11.0. The SMILES string of the molecule is CC(C)CCCC(O)C(C)C. The zero-order chi connectivity index (χ0) is 8.85. The molecule has 0 heterocycles. The van der Waals surface area contributed by atoms with Crippen molar-refractivity contribution in [3.63, 3.8) is 0 Å². The van der Waals surface area contributed by atoms with Crippen molar-refractivity contribution in [2.75, 3.05) is 0 Å². The number of aliphatic hydroxyl groups is 1. The molecule has 0 rings (SSSR count). The summed E-state index contributed by atoms with van der Waals surface area (Å²) in [6.07, 6.45) is 3.28. The molecule has 0 saturated heterocycles. The summed E-state index contributed by atoms with van der Waals surface area (Å²) < 4.78 is 0. The van der Waals surface area contributed by atoms with E-state index in [-0.39, 0.29) is 6.10 Å². The molecule has 0 aliphatic heterocycles. The van der Waals surface area contributed by atoms with Gasteiger partial charge in [-0.15, -0.1) is 0 Å². The van der Waals surface area contributed by atoms with Crippen LogP contribution in [-0.4, -0.2) is 11.2 Å². The van der Waals surface area contributed by atoms with Crippen molar-refractivity contribution in [1.29, 1.82) is 0 Å². The first-order valence-corrected chi connectivity index (χ1v) is 4.72. The molecule has 1 heteroatoms. The summed E-state index contributed by atoms with van der Waals surface area (Å²) in [4.78, 5) is 0. The summed E-state index contributed by atoms with van der Waals surface area (Å²) in [7, 11) is 0. The van der Waals surface area contributed by atoms with Crippen LogP contribution in [0.25, 0.3) is 0 Å². The number of aliphatic hydroxyl groups excluding tert-OH is 1. The lowest BCUT2D eigenvalue weighted by atomic mass is 9.98. The Hall–Kier alpha value is -0.0400. The van der Waals surface area contributed by atoms with E-state index in [9.17, 15) is 5.11 Å². The Labute approximate surface area is 70.8 Å². The molecule has 0 aromatic carbocycles. The normalized spacial score (nSPS) is 14.5. The molecule has 68 valence electrons. The third-order valence-corrected chi connectivity index (χ3v) is 2.05. The second-order valence-corrected chi connectivity index (χ2v) is 4.14. The van der Waals surface area contributed by atoms with Crippen molar-refractivity contribution in [2.45, 2.75) is 53.1 Å². The van der Waals surface area contributed by atoms with Crippen LogP contribution in [0.15, 0.2) is 0 Å². The van der Waals surface area contributed by atoms with Crippen LogP contribution in [-0.2, 0) is 0 Å². The van der Waals surface area contributed by atoms with Gasteiger partial charge in [0.25, 0.3) is 0 Å². The van der Waals surface area contributed by atoms with Gasteiger partial charge in [0.2, 0.25) is 0 Å². The van der Waals surface area contributed by atoms with Crippen molar-refractivity contribution >= 4 is 0 Å². The van der Waals surface area contributed by atoms with E-state index in [4.69, 9.17) is 0 Å². The van der Waals surface area contributed by atoms with E-state index in [0.29, 0.717) is 5.92 Å². The van der Waals surface area contributed by atoms with Crippen LogP contribution >= 0.6 is 0 Å². The Morgan fingerprint density at radius 1 is 1.00 bits per heavy atom. The highest BCUT2D eigenvalue weighted by Gasteiger charge is 2.08. The van der Waals surface area contributed by atoms with Crippen molar-refractivity contribution in [1.82, 2.24) is 0 Å². The van der Waals surface area contributed by atoms with Crippen molar-refractivity contribution < 1.29 is 5.11 Å². The third kappa shape index (κ3) is 6.36. The van der Waals surface area contributed by atoms with E-state index < -0.39 is 0 Å². The van der Waals surface area contributed by atoms with Crippen LogP contribution in [0.1, 0.15) is 47.0 Å². The molecule has 0 bridgehead atoms. The average Bonchev–Trinajstić information content (AvgIpc) is 1.86. The molecule has 11 heavy (non-hydrogen) atoms. The monoisotopic (exact) mass is 158 g/mol. The fourth-order valence-corrected chi connectivity index (χ4v) is 1.07. The molecular formula is C10H22O. The Kier molecular flexibility index (Phi) is 5.57. The maximum atomic E-state index is 9.44. The van der Waals surface area contributed by atoms with Gasteiger partial charge in [0.05, 0.1) is 6.10 Å². The molecule has 0 aromatic rings. The Morgan fingerprint density at radius 2 is 1.55 bits per heavy atom. The smallest absolute Gasteiger partial charge is 0.0563 e. The molecule has 0 fully saturated rings. The third-order valence-electron chi connectivity index (χ3n) is 2.05. The van der Waals surface area contributed by atoms with Crippen molar-refractivity contribution in [3.05, 3.63) is 0 Å². The predicted molar refractivity (Wildman–Crippen MR) is 49.5 cm³/mol. The van der Waals surface area contributed by atoms with Crippen LogP contribution in [0.2, 0.25) is 0 Å². The maximum absolute atomic E-state index is 9.44. The first-order valence-electron chi connectivity index (χ1n) is 4.72. The van der Waals surface area contributed by atoms with Gasteiger partial charge in [0.15, 0.2) is 0 Å². The molecule has 0 radical (unpaired) electrons. The van der Waals surface area contributed by atoms with Gasteiger partial charge in [0.1, 0.15) is 0 Å². The van der Waals surface area contributed by atoms with Gasteiger partial charge < -0.3 is 5.11 Å².